The molecule has 0 amide bonds. The third-order valence-corrected chi connectivity index (χ3v) is 5.34. The summed E-state index contributed by atoms with van der Waals surface area (Å²) in [6, 6.07) is 11.2. The van der Waals surface area contributed by atoms with Crippen LogP contribution in [0.25, 0.3) is 4.85 Å². The summed E-state index contributed by atoms with van der Waals surface area (Å²) >= 11 is 0. The first-order valence-electron chi connectivity index (χ1n) is 6.83. The maximum absolute atomic E-state index is 12.8. The van der Waals surface area contributed by atoms with Crippen molar-refractivity contribution in [2.75, 3.05) is 14.2 Å². The first-order valence-corrected chi connectivity index (χ1v) is 8.37. The van der Waals surface area contributed by atoms with Gasteiger partial charge in [0.05, 0.1) is 24.7 Å². The molecule has 0 N–H and O–H groups in total. The zero-order valence-electron chi connectivity index (χ0n) is 13.1. The van der Waals surface area contributed by atoms with Gasteiger partial charge in [0.1, 0.15) is 11.5 Å². The molecule has 0 fully saturated rings. The summed E-state index contributed by atoms with van der Waals surface area (Å²) in [5, 5.41) is -1.37. The molecule has 0 aromatic heterocycles. The first kappa shape index (κ1) is 16.8. The number of hydrogen-bond acceptors (Lipinski definition) is 4. The Bertz CT molecular complexity index is 836. The van der Waals surface area contributed by atoms with Gasteiger partial charge in [-0.05, 0) is 31.2 Å². The quantitative estimate of drug-likeness (QED) is 0.788. The molecule has 0 saturated carbocycles. The minimum absolute atomic E-state index is 0.113. The maximum atomic E-state index is 12.8. The molecule has 0 spiro atoms. The van der Waals surface area contributed by atoms with Gasteiger partial charge < -0.3 is 9.47 Å². The van der Waals surface area contributed by atoms with Crippen LogP contribution in [0.5, 0.6) is 11.5 Å². The van der Waals surface area contributed by atoms with Crippen LogP contribution in [0.1, 0.15) is 16.5 Å². The molecule has 2 aromatic rings. The van der Waals surface area contributed by atoms with Crippen LogP contribution in [0.3, 0.4) is 0 Å². The van der Waals surface area contributed by atoms with E-state index >= 15 is 0 Å². The largest absolute Gasteiger partial charge is 0.497 e. The minimum atomic E-state index is -3.85. The Kier molecular flexibility index (Phi) is 4.92. The molecule has 0 unspecified atom stereocenters. The van der Waals surface area contributed by atoms with Crippen molar-refractivity contribution in [3.63, 3.8) is 0 Å². The standard InChI is InChI=1S/C17H17NO4S/c1-12-5-8-14(9-6-12)23(19,20)17(18-2)15-10-7-13(21-3)11-16(15)22-4/h5-11,17H,1,3-4H3/t17-/m0/s1. The molecule has 0 aliphatic carbocycles. The number of aryl methyl sites for hydroxylation is 1. The second-order valence-corrected chi connectivity index (χ2v) is 6.96. The third kappa shape index (κ3) is 3.30. The Morgan fingerprint density at radius 3 is 2.22 bits per heavy atom. The summed E-state index contributed by atoms with van der Waals surface area (Å²) in [7, 11) is -0.916. The molecule has 2 aromatic carbocycles. The fourth-order valence-corrected chi connectivity index (χ4v) is 3.63. The number of rotatable bonds is 5. The number of nitrogens with zero attached hydrogens (tertiary/aromatic N) is 1. The van der Waals surface area contributed by atoms with Crippen LogP contribution in [0.2, 0.25) is 0 Å². The summed E-state index contributed by atoms with van der Waals surface area (Å²) in [6.07, 6.45) is 0. The van der Waals surface area contributed by atoms with Crippen molar-refractivity contribution in [2.24, 2.45) is 0 Å². The summed E-state index contributed by atoms with van der Waals surface area (Å²) in [5.41, 5.74) is 1.24. The van der Waals surface area contributed by atoms with E-state index in [9.17, 15) is 8.42 Å². The van der Waals surface area contributed by atoms with Crippen molar-refractivity contribution in [3.05, 3.63) is 65.0 Å². The zero-order valence-corrected chi connectivity index (χ0v) is 13.9. The Balaban J connectivity index is 2.55. The Morgan fingerprint density at radius 2 is 1.70 bits per heavy atom. The highest BCUT2D eigenvalue weighted by atomic mass is 32.2. The Hall–Kier alpha value is -2.52. The number of benzene rings is 2. The minimum Gasteiger partial charge on any atom is -0.497 e. The van der Waals surface area contributed by atoms with Crippen LogP contribution in [0.15, 0.2) is 47.4 Å². The molecule has 0 radical (unpaired) electrons. The average molecular weight is 331 g/mol. The number of methoxy groups -OCH3 is 2. The number of ether oxygens (including phenoxy) is 2. The van der Waals surface area contributed by atoms with Gasteiger partial charge in [-0.2, -0.15) is 0 Å². The molecular weight excluding hydrogens is 314 g/mol. The molecule has 6 heteroatoms. The highest BCUT2D eigenvalue weighted by molar-refractivity contribution is 7.91. The lowest BCUT2D eigenvalue weighted by molar-refractivity contribution is 0.391. The van der Waals surface area contributed by atoms with Gasteiger partial charge in [-0.3, -0.25) is 4.85 Å². The van der Waals surface area contributed by atoms with Crippen LogP contribution >= 0.6 is 0 Å². The van der Waals surface area contributed by atoms with Crippen LogP contribution in [0, 0.1) is 13.5 Å². The molecule has 1 atom stereocenters. The van der Waals surface area contributed by atoms with E-state index in [4.69, 9.17) is 16.0 Å². The van der Waals surface area contributed by atoms with Crippen molar-refractivity contribution >= 4 is 9.84 Å². The van der Waals surface area contributed by atoms with E-state index in [2.05, 4.69) is 4.85 Å². The van der Waals surface area contributed by atoms with Gasteiger partial charge in [-0.15, -0.1) is 0 Å². The van der Waals surface area contributed by atoms with Crippen molar-refractivity contribution < 1.29 is 17.9 Å². The molecule has 0 heterocycles. The molecule has 0 saturated heterocycles. The third-order valence-electron chi connectivity index (χ3n) is 3.47. The molecule has 5 nitrogen and oxygen atoms in total. The summed E-state index contributed by atoms with van der Waals surface area (Å²) in [6.45, 7) is 9.24. The van der Waals surface area contributed by atoms with Crippen LogP contribution in [-0.4, -0.2) is 22.6 Å². The maximum Gasteiger partial charge on any atom is 0.353 e. The van der Waals surface area contributed by atoms with Gasteiger partial charge in [0.15, 0.2) is 0 Å². The molecule has 2 rings (SSSR count). The van der Waals surface area contributed by atoms with Crippen LogP contribution in [0.4, 0.5) is 0 Å². The molecule has 0 aliphatic heterocycles. The predicted octanol–water partition coefficient (Wildman–Crippen LogP) is 3.40. The SMILES string of the molecule is [C-]#[N+][C@H](c1ccc(OC)cc1OC)S(=O)(=O)c1ccc(C)cc1. The van der Waals surface area contributed by atoms with Crippen molar-refractivity contribution in [2.45, 2.75) is 17.2 Å². The van der Waals surface area contributed by atoms with Gasteiger partial charge >= 0.3 is 5.37 Å². The predicted molar refractivity (Wildman–Crippen MR) is 87.3 cm³/mol. The van der Waals surface area contributed by atoms with Crippen LogP contribution < -0.4 is 9.47 Å². The van der Waals surface area contributed by atoms with Crippen molar-refractivity contribution in [3.8, 4) is 11.5 Å². The average Bonchev–Trinajstić information content (AvgIpc) is 2.56. The van der Waals surface area contributed by atoms with E-state index in [0.717, 1.165) is 5.56 Å². The molecule has 120 valence electrons. The lowest BCUT2D eigenvalue weighted by Crippen LogP contribution is -2.12. The smallest absolute Gasteiger partial charge is 0.353 e. The lowest BCUT2D eigenvalue weighted by atomic mass is 10.2. The normalized spacial score (nSPS) is 12.3. The van der Waals surface area contributed by atoms with E-state index in [1.165, 1.54) is 26.4 Å². The number of hydrogen-bond donors (Lipinski definition) is 0. The van der Waals surface area contributed by atoms with Gasteiger partial charge in [-0.1, -0.05) is 17.7 Å². The number of sulfone groups is 1. The van der Waals surface area contributed by atoms with E-state index in [-0.39, 0.29) is 4.90 Å². The molecule has 23 heavy (non-hydrogen) atoms. The van der Waals surface area contributed by atoms with E-state index in [1.807, 2.05) is 6.92 Å². The van der Waals surface area contributed by atoms with Gasteiger partial charge in [0.25, 0.3) is 9.84 Å². The van der Waals surface area contributed by atoms with Crippen molar-refractivity contribution in [1.29, 1.82) is 0 Å². The van der Waals surface area contributed by atoms with E-state index in [1.54, 1.807) is 30.3 Å². The molecule has 0 bridgehead atoms. The monoisotopic (exact) mass is 331 g/mol. The summed E-state index contributed by atoms with van der Waals surface area (Å²) in [5.74, 6) is 0.836. The summed E-state index contributed by atoms with van der Waals surface area (Å²) in [4.78, 5) is 3.45. The second kappa shape index (κ2) is 6.71. The van der Waals surface area contributed by atoms with Crippen molar-refractivity contribution in [1.82, 2.24) is 0 Å². The van der Waals surface area contributed by atoms with E-state index < -0.39 is 15.2 Å². The highest BCUT2D eigenvalue weighted by Gasteiger charge is 2.36. The Morgan fingerprint density at radius 1 is 1.04 bits per heavy atom. The highest BCUT2D eigenvalue weighted by Crippen LogP contribution is 2.37. The van der Waals surface area contributed by atoms with Gasteiger partial charge in [0.2, 0.25) is 0 Å². The van der Waals surface area contributed by atoms with Crippen LogP contribution in [-0.2, 0) is 9.84 Å². The van der Waals surface area contributed by atoms with Gasteiger partial charge in [-0.25, -0.2) is 15.0 Å². The summed E-state index contributed by atoms with van der Waals surface area (Å²) < 4.78 is 35.9. The molecule has 0 aliphatic rings. The topological polar surface area (TPSA) is 57.0 Å². The lowest BCUT2D eigenvalue weighted by Gasteiger charge is -2.13. The zero-order chi connectivity index (χ0) is 17.0. The fourth-order valence-electron chi connectivity index (χ4n) is 2.19. The van der Waals surface area contributed by atoms with E-state index in [0.29, 0.717) is 17.1 Å². The first-order chi connectivity index (χ1) is 10.9. The fraction of sp³-hybridized carbons (Fsp3) is 0.235. The molecular formula is C17H17NO4S. The van der Waals surface area contributed by atoms with Gasteiger partial charge in [0, 0.05) is 6.07 Å². The second-order valence-electron chi connectivity index (χ2n) is 4.95. The Labute approximate surface area is 136 Å².